The van der Waals surface area contributed by atoms with Crippen LogP contribution in [0.15, 0.2) is 35.3 Å². The average molecular weight is 507 g/mol. The standard InChI is InChI=1S/C23H38N8O5/c24-11-5-4-9-16(25)20(34)31-18(13-15-7-2-1-3-8-15)22(36)30-17(10-6-12-28-23(26)27)21(35)29-14-19(32)33/h1-3,7-8,16-18H,4-6,9-14,24-25H2,(H,29,35)(H,30,36)(H,31,34)(H,32,33)(H4,26,27,28)/t16-,17-,18-/m0/s1. The summed E-state index contributed by atoms with van der Waals surface area (Å²) in [5.41, 5.74) is 22.9. The highest BCUT2D eigenvalue weighted by Crippen LogP contribution is 2.07. The minimum Gasteiger partial charge on any atom is -0.480 e. The van der Waals surface area contributed by atoms with E-state index >= 15 is 0 Å². The van der Waals surface area contributed by atoms with Crippen molar-refractivity contribution < 1.29 is 24.3 Å². The van der Waals surface area contributed by atoms with Gasteiger partial charge in [-0.2, -0.15) is 0 Å². The summed E-state index contributed by atoms with van der Waals surface area (Å²) in [6.07, 6.45) is 2.44. The van der Waals surface area contributed by atoms with Gasteiger partial charge in [0.25, 0.3) is 0 Å². The number of unbranched alkanes of at least 4 members (excludes halogenated alkanes) is 1. The molecule has 0 aliphatic carbocycles. The number of carbonyl (C=O) groups is 4. The number of aliphatic carboxylic acids is 1. The van der Waals surface area contributed by atoms with Crippen LogP contribution in [0.3, 0.4) is 0 Å². The van der Waals surface area contributed by atoms with Crippen molar-refractivity contribution in [2.45, 2.75) is 56.7 Å². The van der Waals surface area contributed by atoms with E-state index in [2.05, 4.69) is 20.9 Å². The molecule has 0 heterocycles. The molecule has 13 heteroatoms. The van der Waals surface area contributed by atoms with Crippen LogP contribution in [0.4, 0.5) is 0 Å². The Kier molecular flexibility index (Phi) is 14.2. The highest BCUT2D eigenvalue weighted by atomic mass is 16.4. The monoisotopic (exact) mass is 506 g/mol. The summed E-state index contributed by atoms with van der Waals surface area (Å²) >= 11 is 0. The van der Waals surface area contributed by atoms with Gasteiger partial charge in [0.05, 0.1) is 6.04 Å². The Morgan fingerprint density at radius 3 is 2.17 bits per heavy atom. The highest BCUT2D eigenvalue weighted by molar-refractivity contribution is 5.93. The smallest absolute Gasteiger partial charge is 0.322 e. The normalized spacial score (nSPS) is 13.1. The Morgan fingerprint density at radius 1 is 0.889 bits per heavy atom. The lowest BCUT2D eigenvalue weighted by molar-refractivity contribution is -0.138. The molecule has 0 unspecified atom stereocenters. The van der Waals surface area contributed by atoms with Crippen LogP contribution < -0.4 is 38.9 Å². The van der Waals surface area contributed by atoms with Crippen molar-refractivity contribution >= 4 is 29.7 Å². The summed E-state index contributed by atoms with van der Waals surface area (Å²) < 4.78 is 0. The first-order valence-corrected chi connectivity index (χ1v) is 11.8. The first-order chi connectivity index (χ1) is 17.1. The molecular formula is C23H38N8O5. The molecule has 12 N–H and O–H groups in total. The maximum Gasteiger partial charge on any atom is 0.322 e. The molecular weight excluding hydrogens is 468 g/mol. The summed E-state index contributed by atoms with van der Waals surface area (Å²) in [6, 6.07) is 6.13. The van der Waals surface area contributed by atoms with E-state index in [1.165, 1.54) is 0 Å². The zero-order chi connectivity index (χ0) is 26.9. The quantitative estimate of drug-likeness (QED) is 0.0655. The van der Waals surface area contributed by atoms with Crippen LogP contribution in [-0.2, 0) is 25.6 Å². The second-order valence-corrected chi connectivity index (χ2v) is 8.26. The molecule has 0 aliphatic rings. The van der Waals surface area contributed by atoms with Crippen LogP contribution in [0.25, 0.3) is 0 Å². The van der Waals surface area contributed by atoms with Crippen LogP contribution in [0.2, 0.25) is 0 Å². The first-order valence-electron chi connectivity index (χ1n) is 11.8. The molecule has 0 fully saturated rings. The van der Waals surface area contributed by atoms with Crippen LogP contribution in [-0.4, -0.2) is 72.5 Å². The van der Waals surface area contributed by atoms with Crippen molar-refractivity contribution in [3.8, 4) is 0 Å². The van der Waals surface area contributed by atoms with Gasteiger partial charge in [0.1, 0.15) is 18.6 Å². The molecule has 1 aromatic rings. The zero-order valence-corrected chi connectivity index (χ0v) is 20.3. The maximum absolute atomic E-state index is 13.2. The van der Waals surface area contributed by atoms with Crippen molar-refractivity contribution in [3.63, 3.8) is 0 Å². The highest BCUT2D eigenvalue weighted by Gasteiger charge is 2.28. The van der Waals surface area contributed by atoms with Crippen LogP contribution in [0.1, 0.15) is 37.7 Å². The molecule has 3 amide bonds. The van der Waals surface area contributed by atoms with E-state index in [1.54, 1.807) is 24.3 Å². The van der Waals surface area contributed by atoms with Gasteiger partial charge in [0.15, 0.2) is 5.96 Å². The first kappa shape index (κ1) is 30.3. The molecule has 36 heavy (non-hydrogen) atoms. The van der Waals surface area contributed by atoms with E-state index in [0.717, 1.165) is 12.0 Å². The van der Waals surface area contributed by atoms with E-state index < -0.39 is 48.4 Å². The lowest BCUT2D eigenvalue weighted by atomic mass is 10.0. The number of carboxylic acid groups (broad SMARTS) is 1. The molecule has 3 atom stereocenters. The lowest BCUT2D eigenvalue weighted by Crippen LogP contribution is -2.56. The largest absolute Gasteiger partial charge is 0.480 e. The number of guanidine groups is 1. The van der Waals surface area contributed by atoms with E-state index in [9.17, 15) is 19.2 Å². The van der Waals surface area contributed by atoms with Gasteiger partial charge in [-0.15, -0.1) is 0 Å². The fourth-order valence-corrected chi connectivity index (χ4v) is 3.31. The molecule has 13 nitrogen and oxygen atoms in total. The van der Waals surface area contributed by atoms with Gasteiger partial charge in [-0.05, 0) is 37.8 Å². The Hall–Kier alpha value is -3.71. The van der Waals surface area contributed by atoms with Gasteiger partial charge in [-0.25, -0.2) is 0 Å². The average Bonchev–Trinajstić information content (AvgIpc) is 2.84. The maximum atomic E-state index is 13.2. The number of nitrogens with zero attached hydrogens (tertiary/aromatic N) is 1. The fraction of sp³-hybridized carbons (Fsp3) is 0.522. The fourth-order valence-electron chi connectivity index (χ4n) is 3.31. The molecule has 0 radical (unpaired) electrons. The molecule has 1 aromatic carbocycles. The van der Waals surface area contributed by atoms with E-state index in [4.69, 9.17) is 28.0 Å². The Morgan fingerprint density at radius 2 is 1.56 bits per heavy atom. The van der Waals surface area contributed by atoms with Gasteiger partial charge < -0.3 is 44.0 Å². The third-order valence-electron chi connectivity index (χ3n) is 5.21. The van der Waals surface area contributed by atoms with Crippen LogP contribution in [0.5, 0.6) is 0 Å². The van der Waals surface area contributed by atoms with Crippen LogP contribution in [0, 0.1) is 0 Å². The molecule has 0 aromatic heterocycles. The summed E-state index contributed by atoms with van der Waals surface area (Å²) in [7, 11) is 0. The number of carbonyl (C=O) groups excluding carboxylic acids is 3. The zero-order valence-electron chi connectivity index (χ0n) is 20.3. The minimum absolute atomic E-state index is 0.112. The molecule has 0 saturated heterocycles. The SMILES string of the molecule is NCCCC[C@H](N)C(=O)N[C@@H](Cc1ccccc1)C(=O)N[C@@H](CCCN=C(N)N)C(=O)NCC(=O)O. The number of hydrogen-bond donors (Lipinski definition) is 8. The minimum atomic E-state index is -1.23. The van der Waals surface area contributed by atoms with Gasteiger partial charge in [-0.3, -0.25) is 24.2 Å². The van der Waals surface area contributed by atoms with Gasteiger partial charge in [0.2, 0.25) is 17.7 Å². The Balaban J connectivity index is 2.98. The topological polar surface area (TPSA) is 241 Å². The van der Waals surface area contributed by atoms with Gasteiger partial charge >= 0.3 is 5.97 Å². The summed E-state index contributed by atoms with van der Waals surface area (Å²) in [6.45, 7) is 0.0889. The van der Waals surface area contributed by atoms with E-state index in [-0.39, 0.29) is 25.3 Å². The van der Waals surface area contributed by atoms with Crippen molar-refractivity contribution in [2.24, 2.45) is 27.9 Å². The number of nitrogens with one attached hydrogen (secondary N) is 3. The summed E-state index contributed by atoms with van der Waals surface area (Å²) in [5, 5.41) is 16.4. The number of aliphatic imine (C=N–C) groups is 1. The lowest BCUT2D eigenvalue weighted by Gasteiger charge is -2.24. The third-order valence-corrected chi connectivity index (χ3v) is 5.21. The number of hydrogen-bond acceptors (Lipinski definition) is 7. The molecule has 0 bridgehead atoms. The predicted octanol–water partition coefficient (Wildman–Crippen LogP) is -2.09. The molecule has 200 valence electrons. The number of rotatable bonds is 17. The van der Waals surface area contributed by atoms with Gasteiger partial charge in [-0.1, -0.05) is 36.8 Å². The Labute approximate surface area is 210 Å². The second kappa shape index (κ2) is 16.8. The van der Waals surface area contributed by atoms with E-state index in [0.29, 0.717) is 25.8 Å². The van der Waals surface area contributed by atoms with Gasteiger partial charge in [0, 0.05) is 13.0 Å². The number of nitrogens with two attached hydrogens (primary N) is 4. The van der Waals surface area contributed by atoms with Crippen molar-refractivity contribution in [1.82, 2.24) is 16.0 Å². The molecule has 0 spiro atoms. The van der Waals surface area contributed by atoms with Crippen molar-refractivity contribution in [1.29, 1.82) is 0 Å². The number of benzene rings is 1. The predicted molar refractivity (Wildman–Crippen MR) is 135 cm³/mol. The van der Waals surface area contributed by atoms with Crippen molar-refractivity contribution in [2.75, 3.05) is 19.6 Å². The summed E-state index contributed by atoms with van der Waals surface area (Å²) in [4.78, 5) is 53.2. The molecule has 1 rings (SSSR count). The Bertz CT molecular complexity index is 877. The second-order valence-electron chi connectivity index (χ2n) is 8.26. The third kappa shape index (κ3) is 12.7. The van der Waals surface area contributed by atoms with Crippen LogP contribution >= 0.6 is 0 Å². The number of amides is 3. The molecule has 0 aliphatic heterocycles. The summed E-state index contributed by atoms with van der Waals surface area (Å²) in [5.74, 6) is -3.13. The van der Waals surface area contributed by atoms with Crippen molar-refractivity contribution in [3.05, 3.63) is 35.9 Å². The number of carboxylic acids is 1. The molecule has 0 saturated carbocycles. The van der Waals surface area contributed by atoms with E-state index in [1.807, 2.05) is 6.07 Å².